The second kappa shape index (κ2) is 9.35. The van der Waals surface area contributed by atoms with Gasteiger partial charge in [0.25, 0.3) is 0 Å². The van der Waals surface area contributed by atoms with E-state index in [0.29, 0.717) is 12.8 Å². The van der Waals surface area contributed by atoms with Crippen LogP contribution in [0.1, 0.15) is 78.1 Å². The van der Waals surface area contributed by atoms with E-state index in [2.05, 4.69) is 13.8 Å². The minimum absolute atomic E-state index is 0.0877. The molecule has 0 saturated carbocycles. The van der Waals surface area contributed by atoms with Crippen molar-refractivity contribution in [1.29, 1.82) is 0 Å². The van der Waals surface area contributed by atoms with Gasteiger partial charge in [0.2, 0.25) is 0 Å². The van der Waals surface area contributed by atoms with Gasteiger partial charge in [-0.25, -0.2) is 4.74 Å². The second-order valence-corrected chi connectivity index (χ2v) is 6.12. The molecule has 0 aromatic carbocycles. The van der Waals surface area contributed by atoms with Gasteiger partial charge in [-0.15, -0.1) is 0 Å². The van der Waals surface area contributed by atoms with E-state index in [0.717, 1.165) is 61.8 Å². The Balaban J connectivity index is 2.41. The first-order chi connectivity index (χ1) is 9.58. The maximum Gasteiger partial charge on any atom is 0.166 e. The normalized spacial score (nSPS) is 22.3. The van der Waals surface area contributed by atoms with Crippen LogP contribution in [0.15, 0.2) is 0 Å². The minimum atomic E-state index is -0.384. The summed E-state index contributed by atoms with van der Waals surface area (Å²) in [6.07, 6.45) is 7.65. The molecule has 2 N–H and O–H groups in total. The number of hydrogen-bond donors (Lipinski definition) is 2. The maximum atomic E-state index is 12.2. The van der Waals surface area contributed by atoms with Gasteiger partial charge in [-0.05, 0) is 12.8 Å². The number of aliphatic hydroxyl groups is 2. The summed E-state index contributed by atoms with van der Waals surface area (Å²) in [4.78, 5) is 0. The smallest absolute Gasteiger partial charge is 0.166 e. The molecule has 0 unspecified atom stereocenters. The highest BCUT2D eigenvalue weighted by Gasteiger charge is 2.31. The summed E-state index contributed by atoms with van der Waals surface area (Å²) < 4.78 is 1.07. The average molecular weight is 285 g/mol. The van der Waals surface area contributed by atoms with E-state index >= 15 is 0 Å². The van der Waals surface area contributed by atoms with Crippen LogP contribution in [-0.2, 0) is 0 Å². The third-order valence-corrected chi connectivity index (χ3v) is 4.21. The van der Waals surface area contributed by atoms with Crippen molar-refractivity contribution in [2.45, 2.75) is 96.3 Å². The Morgan fingerprint density at radius 3 is 2.35 bits per heavy atom. The molecule has 118 valence electrons. The van der Waals surface area contributed by atoms with Gasteiger partial charge in [0, 0.05) is 19.3 Å². The SMILES string of the molecule is CCCC[C@@H](O)CC1=[N+]([O-])[C@@H](C[C@H](O)CCCC)CC1. The molecular formula is C16H31NO3. The van der Waals surface area contributed by atoms with E-state index < -0.39 is 0 Å². The van der Waals surface area contributed by atoms with Gasteiger partial charge >= 0.3 is 0 Å². The summed E-state index contributed by atoms with van der Waals surface area (Å²) in [7, 11) is 0. The third-order valence-electron chi connectivity index (χ3n) is 4.21. The standard InChI is InChI=1S/C16H31NO3/c1-3-5-7-15(18)11-13-9-10-14(17(13)20)12-16(19)8-6-4-2/h13,15-16,18-19H,3-12H2,1-2H3/t13-,15-,16-/m1/s1. The lowest BCUT2D eigenvalue weighted by molar-refractivity contribution is -0.496. The summed E-state index contributed by atoms with van der Waals surface area (Å²) >= 11 is 0. The fourth-order valence-electron chi connectivity index (χ4n) is 2.91. The zero-order chi connectivity index (χ0) is 15.0. The summed E-state index contributed by atoms with van der Waals surface area (Å²) in [5.74, 6) is 0. The molecule has 4 heteroatoms. The number of unbranched alkanes of at least 4 members (excludes halogenated alkanes) is 2. The number of aliphatic hydroxyl groups excluding tert-OH is 2. The first kappa shape index (κ1) is 17.4. The van der Waals surface area contributed by atoms with Crippen molar-refractivity contribution in [3.05, 3.63) is 5.21 Å². The molecule has 0 bridgehead atoms. The molecule has 1 rings (SSSR count). The third kappa shape index (κ3) is 5.80. The zero-order valence-corrected chi connectivity index (χ0v) is 13.1. The number of hydroxylamine groups is 1. The number of rotatable bonds is 10. The van der Waals surface area contributed by atoms with Crippen LogP contribution in [0, 0.1) is 5.21 Å². The first-order valence-corrected chi connectivity index (χ1v) is 8.25. The average Bonchev–Trinajstić information content (AvgIpc) is 2.75. The lowest BCUT2D eigenvalue weighted by Crippen LogP contribution is -2.26. The molecule has 0 spiro atoms. The molecule has 0 aliphatic carbocycles. The lowest BCUT2D eigenvalue weighted by Gasteiger charge is -2.16. The number of nitrogens with zero attached hydrogens (tertiary/aromatic N) is 1. The Bertz CT molecular complexity index is 304. The zero-order valence-electron chi connectivity index (χ0n) is 13.1. The molecule has 0 aromatic heterocycles. The number of hydrogen-bond acceptors (Lipinski definition) is 3. The topological polar surface area (TPSA) is 66.5 Å². The van der Waals surface area contributed by atoms with E-state index in [-0.39, 0.29) is 18.2 Å². The molecule has 0 radical (unpaired) electrons. The van der Waals surface area contributed by atoms with Crippen LogP contribution in [0.2, 0.25) is 0 Å². The van der Waals surface area contributed by atoms with Gasteiger partial charge in [-0.2, -0.15) is 0 Å². The predicted octanol–water partition coefficient (Wildman–Crippen LogP) is 2.98. The first-order valence-electron chi connectivity index (χ1n) is 8.25. The molecule has 0 fully saturated rings. The van der Waals surface area contributed by atoms with Crippen molar-refractivity contribution in [2.75, 3.05) is 0 Å². The lowest BCUT2D eigenvalue weighted by atomic mass is 10.0. The second-order valence-electron chi connectivity index (χ2n) is 6.12. The van der Waals surface area contributed by atoms with Crippen molar-refractivity contribution < 1.29 is 15.0 Å². The fraction of sp³-hybridized carbons (Fsp3) is 0.938. The Morgan fingerprint density at radius 1 is 1.15 bits per heavy atom. The van der Waals surface area contributed by atoms with E-state index in [1.165, 1.54) is 0 Å². The van der Waals surface area contributed by atoms with E-state index in [4.69, 9.17) is 0 Å². The van der Waals surface area contributed by atoms with E-state index in [1.807, 2.05) is 0 Å². The molecule has 0 saturated heterocycles. The van der Waals surface area contributed by atoms with E-state index in [1.54, 1.807) is 0 Å². The van der Waals surface area contributed by atoms with Crippen molar-refractivity contribution >= 4 is 5.71 Å². The molecule has 4 nitrogen and oxygen atoms in total. The fourth-order valence-corrected chi connectivity index (χ4v) is 2.91. The highest BCUT2D eigenvalue weighted by atomic mass is 16.5. The largest absolute Gasteiger partial charge is 0.624 e. The summed E-state index contributed by atoms with van der Waals surface area (Å²) in [6.45, 7) is 4.20. The molecule has 20 heavy (non-hydrogen) atoms. The monoisotopic (exact) mass is 285 g/mol. The van der Waals surface area contributed by atoms with Gasteiger partial charge < -0.3 is 15.4 Å². The van der Waals surface area contributed by atoms with Gasteiger partial charge in [-0.3, -0.25) is 0 Å². The van der Waals surface area contributed by atoms with Crippen molar-refractivity contribution in [1.82, 2.24) is 0 Å². The molecular weight excluding hydrogens is 254 g/mol. The van der Waals surface area contributed by atoms with Crippen LogP contribution in [0.3, 0.4) is 0 Å². The summed E-state index contributed by atoms with van der Waals surface area (Å²) in [5.41, 5.74) is 0.821. The Kier molecular flexibility index (Phi) is 8.15. The maximum absolute atomic E-state index is 12.2. The van der Waals surface area contributed by atoms with Gasteiger partial charge in [0.05, 0.1) is 18.6 Å². The van der Waals surface area contributed by atoms with Crippen molar-refractivity contribution in [3.8, 4) is 0 Å². The van der Waals surface area contributed by atoms with Crippen molar-refractivity contribution in [3.63, 3.8) is 0 Å². The summed E-state index contributed by atoms with van der Waals surface area (Å²) in [6, 6.07) is -0.0877. The van der Waals surface area contributed by atoms with Crippen LogP contribution in [0.5, 0.6) is 0 Å². The van der Waals surface area contributed by atoms with Crippen LogP contribution >= 0.6 is 0 Å². The summed E-state index contributed by atoms with van der Waals surface area (Å²) in [5, 5.41) is 32.0. The van der Waals surface area contributed by atoms with Gasteiger partial charge in [0.15, 0.2) is 11.8 Å². The van der Waals surface area contributed by atoms with Crippen LogP contribution in [0.4, 0.5) is 0 Å². The molecule has 0 aromatic rings. The quantitative estimate of drug-likeness (QED) is 0.479. The highest BCUT2D eigenvalue weighted by molar-refractivity contribution is 5.81. The molecule has 1 aliphatic heterocycles. The Labute approximate surface area is 123 Å². The molecule has 1 aliphatic rings. The van der Waals surface area contributed by atoms with Crippen LogP contribution in [0.25, 0.3) is 0 Å². The molecule has 3 atom stereocenters. The van der Waals surface area contributed by atoms with Crippen molar-refractivity contribution in [2.24, 2.45) is 0 Å². The van der Waals surface area contributed by atoms with Gasteiger partial charge in [-0.1, -0.05) is 39.5 Å². The van der Waals surface area contributed by atoms with Gasteiger partial charge in [0.1, 0.15) is 0 Å². The Morgan fingerprint density at radius 2 is 1.75 bits per heavy atom. The minimum Gasteiger partial charge on any atom is -0.624 e. The van der Waals surface area contributed by atoms with E-state index in [9.17, 15) is 15.4 Å². The molecule has 1 heterocycles. The Hall–Kier alpha value is -0.610. The highest BCUT2D eigenvalue weighted by Crippen LogP contribution is 2.22. The molecule has 0 amide bonds. The van der Waals surface area contributed by atoms with Crippen LogP contribution < -0.4 is 0 Å². The predicted molar refractivity (Wildman–Crippen MR) is 82.0 cm³/mol. The van der Waals surface area contributed by atoms with Crippen LogP contribution in [-0.4, -0.2) is 38.9 Å².